The molecule has 10 heteroatoms. The monoisotopic (exact) mass is 688 g/mol. The van der Waals surface area contributed by atoms with Gasteiger partial charge in [-0.3, -0.25) is 19.2 Å². The molecule has 264 valence electrons. The quantitative estimate of drug-likeness (QED) is 0.240. The molecule has 2 heterocycles. The number of esters is 1. The summed E-state index contributed by atoms with van der Waals surface area (Å²) in [6, 6.07) is 28.8. The molecule has 0 bridgehead atoms. The van der Waals surface area contributed by atoms with E-state index in [0.717, 1.165) is 22.3 Å². The second-order valence-electron chi connectivity index (χ2n) is 13.3. The fraction of sp³-hybridized carbons (Fsp3) is 0.341. The lowest BCUT2D eigenvalue weighted by Gasteiger charge is -2.43. The minimum atomic E-state index is -1.15. The van der Waals surface area contributed by atoms with Crippen LogP contribution < -0.4 is 16.2 Å². The standard InChI is InChI=1S/C41H44N4O6/c1-3-51-39(49)35(27-28-13-6-4-7-14-28)43-40(50)41(29-15-8-5-9-16-29)23-20-32(31-17-10-11-19-34(31)41)38(48)45-25-21-30(22-26-45)42-36(46)33-18-12-24-44(2)37(33)47/h4-19,24,30,32,35H,3,20-23,25-27H2,1-2H3,(H,42,46)(H,43,50)/t32-,35+,41+/m0/s1. The van der Waals surface area contributed by atoms with Crippen LogP contribution in [-0.2, 0) is 38.0 Å². The molecule has 2 N–H and O–H groups in total. The number of rotatable bonds is 10. The predicted molar refractivity (Wildman–Crippen MR) is 193 cm³/mol. The van der Waals surface area contributed by atoms with Gasteiger partial charge in [-0.05, 0) is 67.0 Å². The van der Waals surface area contributed by atoms with E-state index in [2.05, 4.69) is 10.6 Å². The summed E-state index contributed by atoms with van der Waals surface area (Å²) in [5, 5.41) is 6.06. The zero-order valence-electron chi connectivity index (χ0n) is 29.0. The lowest BCUT2D eigenvalue weighted by Crippen LogP contribution is -2.54. The molecule has 1 aliphatic carbocycles. The van der Waals surface area contributed by atoms with Gasteiger partial charge in [0, 0.05) is 38.8 Å². The summed E-state index contributed by atoms with van der Waals surface area (Å²) in [7, 11) is 1.61. The Morgan fingerprint density at radius 1 is 0.863 bits per heavy atom. The summed E-state index contributed by atoms with van der Waals surface area (Å²) < 4.78 is 6.78. The van der Waals surface area contributed by atoms with E-state index in [1.54, 1.807) is 26.2 Å². The summed E-state index contributed by atoms with van der Waals surface area (Å²) >= 11 is 0. The summed E-state index contributed by atoms with van der Waals surface area (Å²) in [6.45, 7) is 2.85. The number of piperidine rings is 1. The first kappa shape index (κ1) is 35.3. The first-order chi connectivity index (χ1) is 24.7. The van der Waals surface area contributed by atoms with Gasteiger partial charge < -0.3 is 24.8 Å². The number of carbonyl (C=O) groups is 4. The summed E-state index contributed by atoms with van der Waals surface area (Å²) in [5.74, 6) is -1.70. The number of hydrogen-bond donors (Lipinski definition) is 2. The van der Waals surface area contributed by atoms with Crippen LogP contribution in [-0.4, -0.2) is 64.9 Å². The van der Waals surface area contributed by atoms with Gasteiger partial charge in [0.15, 0.2) is 0 Å². The Morgan fingerprint density at radius 2 is 1.53 bits per heavy atom. The van der Waals surface area contributed by atoms with E-state index in [0.29, 0.717) is 38.8 Å². The van der Waals surface area contributed by atoms with Gasteiger partial charge in [-0.25, -0.2) is 4.79 Å². The number of fused-ring (bicyclic) bond motifs is 1. The van der Waals surface area contributed by atoms with Crippen LogP contribution in [0.4, 0.5) is 0 Å². The van der Waals surface area contributed by atoms with Crippen molar-refractivity contribution < 1.29 is 23.9 Å². The first-order valence-corrected chi connectivity index (χ1v) is 17.6. The molecule has 1 aliphatic heterocycles. The largest absolute Gasteiger partial charge is 0.464 e. The SMILES string of the molecule is CCOC(=O)[C@@H](Cc1ccccc1)NC(=O)[C@@]1(c2ccccc2)CC[C@H](C(=O)N2CCC(NC(=O)c3cccn(C)c3=O)CC2)c2ccccc21. The molecular weight excluding hydrogens is 644 g/mol. The molecule has 0 spiro atoms. The number of likely N-dealkylation sites (tertiary alicyclic amines) is 1. The van der Waals surface area contributed by atoms with Crippen LogP contribution in [0.1, 0.15) is 71.1 Å². The van der Waals surface area contributed by atoms with Crippen molar-refractivity contribution in [3.8, 4) is 0 Å². The Labute approximate surface area is 297 Å². The number of carbonyl (C=O) groups excluding carboxylic acids is 4. The van der Waals surface area contributed by atoms with Crippen LogP contribution in [0, 0.1) is 0 Å². The van der Waals surface area contributed by atoms with Crippen molar-refractivity contribution in [3.63, 3.8) is 0 Å². The second kappa shape index (κ2) is 15.6. The molecule has 2 aliphatic rings. The Balaban J connectivity index is 1.23. The van der Waals surface area contributed by atoms with Crippen LogP contribution in [0.15, 0.2) is 108 Å². The van der Waals surface area contributed by atoms with Crippen molar-refractivity contribution >= 4 is 23.7 Å². The molecule has 3 aromatic carbocycles. The van der Waals surface area contributed by atoms with Gasteiger partial charge in [0.25, 0.3) is 11.5 Å². The highest BCUT2D eigenvalue weighted by molar-refractivity contribution is 5.97. The predicted octanol–water partition coefficient (Wildman–Crippen LogP) is 4.26. The second-order valence-corrected chi connectivity index (χ2v) is 13.3. The van der Waals surface area contributed by atoms with E-state index in [-0.39, 0.29) is 42.0 Å². The summed E-state index contributed by atoms with van der Waals surface area (Å²) in [4.78, 5) is 69.4. The molecular formula is C41H44N4O6. The van der Waals surface area contributed by atoms with Crippen molar-refractivity contribution in [2.75, 3.05) is 19.7 Å². The fourth-order valence-electron chi connectivity index (χ4n) is 7.55. The number of hydrogen-bond acceptors (Lipinski definition) is 6. The maximum atomic E-state index is 14.8. The normalized spacial score (nSPS) is 19.3. The zero-order chi connectivity index (χ0) is 36.0. The topological polar surface area (TPSA) is 127 Å². The minimum absolute atomic E-state index is 0.0142. The Hall–Kier alpha value is -5.51. The molecule has 6 rings (SSSR count). The van der Waals surface area contributed by atoms with Crippen LogP contribution in [0.5, 0.6) is 0 Å². The molecule has 4 aromatic rings. The number of nitrogens with one attached hydrogen (secondary N) is 2. The molecule has 3 amide bonds. The summed E-state index contributed by atoms with van der Waals surface area (Å²) in [5.41, 5.74) is 1.80. The number of benzene rings is 3. The number of nitrogens with zero attached hydrogens (tertiary/aromatic N) is 2. The van der Waals surface area contributed by atoms with Crippen molar-refractivity contribution in [3.05, 3.63) is 141 Å². The number of pyridine rings is 1. The van der Waals surface area contributed by atoms with Crippen molar-refractivity contribution in [2.45, 2.75) is 62.4 Å². The van der Waals surface area contributed by atoms with Gasteiger partial charge in [-0.1, -0.05) is 84.9 Å². The number of aryl methyl sites for hydroxylation is 1. The van der Waals surface area contributed by atoms with Crippen LogP contribution in [0.3, 0.4) is 0 Å². The zero-order valence-corrected chi connectivity index (χ0v) is 29.0. The maximum Gasteiger partial charge on any atom is 0.328 e. The van der Waals surface area contributed by atoms with Gasteiger partial charge in [0.2, 0.25) is 11.8 Å². The average Bonchev–Trinajstić information content (AvgIpc) is 3.16. The smallest absolute Gasteiger partial charge is 0.328 e. The van der Waals surface area contributed by atoms with Gasteiger partial charge in [0.1, 0.15) is 11.6 Å². The maximum absolute atomic E-state index is 14.8. The Morgan fingerprint density at radius 3 is 2.24 bits per heavy atom. The Bertz CT molecular complexity index is 1940. The third-order valence-electron chi connectivity index (χ3n) is 10.2. The molecule has 1 fully saturated rings. The van der Waals surface area contributed by atoms with Crippen molar-refractivity contribution in [1.82, 2.24) is 20.1 Å². The van der Waals surface area contributed by atoms with E-state index in [1.165, 1.54) is 10.6 Å². The number of amides is 3. The van der Waals surface area contributed by atoms with E-state index in [1.807, 2.05) is 89.8 Å². The van der Waals surface area contributed by atoms with Crippen molar-refractivity contribution in [2.24, 2.45) is 7.05 Å². The molecule has 0 unspecified atom stereocenters. The lowest BCUT2D eigenvalue weighted by atomic mass is 9.62. The lowest BCUT2D eigenvalue weighted by molar-refractivity contribution is -0.148. The Kier molecular flexibility index (Phi) is 10.8. The highest BCUT2D eigenvalue weighted by atomic mass is 16.5. The van der Waals surface area contributed by atoms with Crippen molar-refractivity contribution in [1.29, 1.82) is 0 Å². The number of aromatic nitrogens is 1. The van der Waals surface area contributed by atoms with Gasteiger partial charge in [-0.15, -0.1) is 0 Å². The van der Waals surface area contributed by atoms with Crippen LogP contribution >= 0.6 is 0 Å². The molecule has 0 radical (unpaired) electrons. The highest BCUT2D eigenvalue weighted by Gasteiger charge is 2.49. The molecule has 3 atom stereocenters. The number of ether oxygens (including phenoxy) is 1. The van der Waals surface area contributed by atoms with Crippen LogP contribution in [0.25, 0.3) is 0 Å². The van der Waals surface area contributed by atoms with E-state index >= 15 is 0 Å². The van der Waals surface area contributed by atoms with E-state index in [9.17, 15) is 24.0 Å². The van der Waals surface area contributed by atoms with Gasteiger partial charge >= 0.3 is 5.97 Å². The average molecular weight is 689 g/mol. The van der Waals surface area contributed by atoms with E-state index < -0.39 is 29.3 Å². The third kappa shape index (κ3) is 7.36. The molecule has 10 nitrogen and oxygen atoms in total. The highest BCUT2D eigenvalue weighted by Crippen LogP contribution is 2.48. The van der Waals surface area contributed by atoms with Gasteiger partial charge in [-0.2, -0.15) is 0 Å². The molecule has 0 saturated carbocycles. The van der Waals surface area contributed by atoms with E-state index in [4.69, 9.17) is 4.74 Å². The molecule has 1 aromatic heterocycles. The summed E-state index contributed by atoms with van der Waals surface area (Å²) in [6.07, 6.45) is 3.79. The van der Waals surface area contributed by atoms with Gasteiger partial charge in [0.05, 0.1) is 17.9 Å². The fourth-order valence-corrected chi connectivity index (χ4v) is 7.55. The minimum Gasteiger partial charge on any atom is -0.464 e. The molecule has 51 heavy (non-hydrogen) atoms. The molecule has 1 saturated heterocycles. The third-order valence-corrected chi connectivity index (χ3v) is 10.2. The van der Waals surface area contributed by atoms with Crippen LogP contribution in [0.2, 0.25) is 0 Å². The first-order valence-electron chi connectivity index (χ1n) is 17.6.